The third kappa shape index (κ3) is 4.46. The fourth-order valence-electron chi connectivity index (χ4n) is 3.33. The summed E-state index contributed by atoms with van der Waals surface area (Å²) in [4.78, 5) is 7.12. The number of thiazole rings is 1. The van der Waals surface area contributed by atoms with Gasteiger partial charge < -0.3 is 9.64 Å². The van der Waals surface area contributed by atoms with E-state index in [2.05, 4.69) is 4.90 Å². The Morgan fingerprint density at radius 1 is 1.10 bits per heavy atom. The number of benzene rings is 2. The molecule has 4 rings (SSSR count). The fourth-order valence-corrected chi connectivity index (χ4v) is 5.94. The van der Waals surface area contributed by atoms with Crippen molar-refractivity contribution in [3.8, 4) is 17.0 Å². The van der Waals surface area contributed by atoms with Crippen LogP contribution < -0.4 is 9.64 Å². The van der Waals surface area contributed by atoms with Gasteiger partial charge in [-0.3, -0.25) is 0 Å². The van der Waals surface area contributed by atoms with Crippen LogP contribution in [0.15, 0.2) is 58.8 Å². The molecular weight excluding hydrogens is 442 g/mol. The minimum Gasteiger partial charge on any atom is -0.494 e. The van der Waals surface area contributed by atoms with Gasteiger partial charge in [0.2, 0.25) is 10.0 Å². The molecule has 1 aliphatic heterocycles. The Kier molecular flexibility index (Phi) is 6.29. The van der Waals surface area contributed by atoms with E-state index in [1.54, 1.807) is 29.5 Å². The van der Waals surface area contributed by atoms with Gasteiger partial charge in [0.15, 0.2) is 5.13 Å². The lowest BCUT2D eigenvalue weighted by Gasteiger charge is -2.33. The zero-order valence-corrected chi connectivity index (χ0v) is 18.9. The average molecular weight is 464 g/mol. The van der Waals surface area contributed by atoms with E-state index in [0.717, 1.165) is 22.1 Å². The number of ether oxygens (including phenoxy) is 1. The Balaban J connectivity index is 1.42. The van der Waals surface area contributed by atoms with Gasteiger partial charge in [0.05, 0.1) is 17.2 Å². The summed E-state index contributed by atoms with van der Waals surface area (Å²) in [6.45, 7) is 4.60. The van der Waals surface area contributed by atoms with E-state index in [-0.39, 0.29) is 4.90 Å². The summed E-state index contributed by atoms with van der Waals surface area (Å²) < 4.78 is 32.7. The van der Waals surface area contributed by atoms with Gasteiger partial charge in [-0.1, -0.05) is 17.7 Å². The van der Waals surface area contributed by atoms with E-state index in [1.807, 2.05) is 36.6 Å². The monoisotopic (exact) mass is 463 g/mol. The van der Waals surface area contributed by atoms with Gasteiger partial charge in [0, 0.05) is 42.1 Å². The SMILES string of the molecule is CCOc1ccc(-c2csc(N3CCN(S(=O)(=O)c4cccc(Cl)c4)CC3)n2)cc1. The van der Waals surface area contributed by atoms with Crippen molar-refractivity contribution in [3.63, 3.8) is 0 Å². The first kappa shape index (κ1) is 21.1. The number of rotatable bonds is 6. The first-order chi connectivity index (χ1) is 14.5. The van der Waals surface area contributed by atoms with E-state index >= 15 is 0 Å². The third-order valence-corrected chi connectivity index (χ3v) is 7.93. The molecule has 0 saturated carbocycles. The summed E-state index contributed by atoms with van der Waals surface area (Å²) in [5.74, 6) is 0.841. The van der Waals surface area contributed by atoms with Crippen molar-refractivity contribution in [2.24, 2.45) is 0 Å². The first-order valence-corrected chi connectivity index (χ1v) is 12.4. The zero-order valence-electron chi connectivity index (χ0n) is 16.5. The van der Waals surface area contributed by atoms with E-state index < -0.39 is 10.0 Å². The Labute approximate surface area is 185 Å². The van der Waals surface area contributed by atoms with Crippen LogP contribution in [0.3, 0.4) is 0 Å². The highest BCUT2D eigenvalue weighted by Crippen LogP contribution is 2.30. The van der Waals surface area contributed by atoms with E-state index in [1.165, 1.54) is 10.4 Å². The van der Waals surface area contributed by atoms with Gasteiger partial charge in [-0.25, -0.2) is 13.4 Å². The van der Waals surface area contributed by atoms with Crippen LogP contribution in [-0.2, 0) is 10.0 Å². The second-order valence-electron chi connectivity index (χ2n) is 6.82. The number of anilines is 1. The smallest absolute Gasteiger partial charge is 0.243 e. The topological polar surface area (TPSA) is 62.7 Å². The number of halogens is 1. The maximum Gasteiger partial charge on any atom is 0.243 e. The van der Waals surface area contributed by atoms with Crippen molar-refractivity contribution in [2.75, 3.05) is 37.7 Å². The molecular formula is C21H22ClN3O3S2. The van der Waals surface area contributed by atoms with Gasteiger partial charge in [0.25, 0.3) is 0 Å². The Bertz CT molecular complexity index is 1110. The van der Waals surface area contributed by atoms with Gasteiger partial charge in [-0.15, -0.1) is 11.3 Å². The molecule has 1 fully saturated rings. The summed E-state index contributed by atoms with van der Waals surface area (Å²) >= 11 is 7.54. The molecule has 2 aromatic carbocycles. The molecule has 1 aliphatic rings. The van der Waals surface area contributed by atoms with Crippen molar-refractivity contribution in [1.82, 2.24) is 9.29 Å². The molecule has 0 amide bonds. The molecule has 1 saturated heterocycles. The van der Waals surface area contributed by atoms with Gasteiger partial charge in [-0.05, 0) is 49.4 Å². The molecule has 0 radical (unpaired) electrons. The molecule has 6 nitrogen and oxygen atoms in total. The highest BCUT2D eigenvalue weighted by atomic mass is 35.5. The van der Waals surface area contributed by atoms with Crippen LogP contribution in [0.25, 0.3) is 11.3 Å². The quantitative estimate of drug-likeness (QED) is 0.543. The van der Waals surface area contributed by atoms with Crippen LogP contribution in [0, 0.1) is 0 Å². The maximum absolute atomic E-state index is 12.9. The summed E-state index contributed by atoms with van der Waals surface area (Å²) in [5, 5.41) is 3.35. The minimum atomic E-state index is -3.54. The van der Waals surface area contributed by atoms with E-state index in [4.69, 9.17) is 21.3 Å². The molecule has 0 aliphatic carbocycles. The van der Waals surface area contributed by atoms with Crippen LogP contribution in [0.5, 0.6) is 5.75 Å². The molecule has 0 spiro atoms. The zero-order chi connectivity index (χ0) is 21.1. The summed E-state index contributed by atoms with van der Waals surface area (Å²) in [6, 6.07) is 14.3. The largest absolute Gasteiger partial charge is 0.494 e. The average Bonchev–Trinajstić information content (AvgIpc) is 3.25. The van der Waals surface area contributed by atoms with Gasteiger partial charge in [0.1, 0.15) is 5.75 Å². The first-order valence-electron chi connectivity index (χ1n) is 9.67. The maximum atomic E-state index is 12.9. The van der Waals surface area contributed by atoms with Crippen molar-refractivity contribution < 1.29 is 13.2 Å². The second kappa shape index (κ2) is 8.93. The number of hydrogen-bond donors (Lipinski definition) is 0. The number of piperazine rings is 1. The predicted molar refractivity (Wildman–Crippen MR) is 121 cm³/mol. The lowest BCUT2D eigenvalue weighted by atomic mass is 10.2. The Morgan fingerprint density at radius 3 is 2.50 bits per heavy atom. The molecule has 1 aromatic heterocycles. The Morgan fingerprint density at radius 2 is 1.83 bits per heavy atom. The minimum absolute atomic E-state index is 0.232. The highest BCUT2D eigenvalue weighted by molar-refractivity contribution is 7.89. The van der Waals surface area contributed by atoms with Gasteiger partial charge in [-0.2, -0.15) is 4.31 Å². The molecule has 0 atom stereocenters. The molecule has 0 N–H and O–H groups in total. The normalized spacial score (nSPS) is 15.3. The van der Waals surface area contributed by atoms with E-state index in [0.29, 0.717) is 37.8 Å². The molecule has 158 valence electrons. The fraction of sp³-hybridized carbons (Fsp3) is 0.286. The van der Waals surface area contributed by atoms with Gasteiger partial charge >= 0.3 is 0 Å². The van der Waals surface area contributed by atoms with Crippen molar-refractivity contribution >= 4 is 38.1 Å². The molecule has 0 bridgehead atoms. The lowest BCUT2D eigenvalue weighted by molar-refractivity contribution is 0.340. The van der Waals surface area contributed by atoms with Crippen LogP contribution in [0.2, 0.25) is 5.02 Å². The molecule has 30 heavy (non-hydrogen) atoms. The number of sulfonamides is 1. The standard InChI is InChI=1S/C21H22ClN3O3S2/c1-2-28-18-8-6-16(7-9-18)20-15-29-21(23-20)24-10-12-25(13-11-24)30(26,27)19-5-3-4-17(22)14-19/h3-9,14-15H,2,10-13H2,1H3. The molecule has 0 unspecified atom stereocenters. The summed E-state index contributed by atoms with van der Waals surface area (Å²) in [7, 11) is -3.54. The Hall–Kier alpha value is -2.13. The molecule has 9 heteroatoms. The number of nitrogens with zero attached hydrogens (tertiary/aromatic N) is 3. The third-order valence-electron chi connectivity index (χ3n) is 4.90. The molecule has 3 aromatic rings. The van der Waals surface area contributed by atoms with Crippen LogP contribution in [-0.4, -0.2) is 50.5 Å². The van der Waals surface area contributed by atoms with Crippen LogP contribution in [0.1, 0.15) is 6.92 Å². The van der Waals surface area contributed by atoms with Crippen molar-refractivity contribution in [3.05, 3.63) is 58.9 Å². The van der Waals surface area contributed by atoms with Crippen molar-refractivity contribution in [1.29, 1.82) is 0 Å². The summed E-state index contributed by atoms with van der Waals surface area (Å²) in [6.07, 6.45) is 0. The van der Waals surface area contributed by atoms with Crippen LogP contribution >= 0.6 is 22.9 Å². The van der Waals surface area contributed by atoms with Crippen molar-refractivity contribution in [2.45, 2.75) is 11.8 Å². The summed E-state index contributed by atoms with van der Waals surface area (Å²) in [5.41, 5.74) is 1.94. The van der Waals surface area contributed by atoms with Crippen LogP contribution in [0.4, 0.5) is 5.13 Å². The number of hydrogen-bond acceptors (Lipinski definition) is 6. The predicted octanol–water partition coefficient (Wildman–Crippen LogP) is 4.37. The lowest BCUT2D eigenvalue weighted by Crippen LogP contribution is -2.48. The molecule has 2 heterocycles. The van der Waals surface area contributed by atoms with E-state index in [9.17, 15) is 8.42 Å². The number of aromatic nitrogens is 1. The second-order valence-corrected chi connectivity index (χ2v) is 10.0. The highest BCUT2D eigenvalue weighted by Gasteiger charge is 2.29.